The van der Waals surface area contributed by atoms with Crippen LogP contribution in [0.2, 0.25) is 0 Å². The number of methoxy groups -OCH3 is 1. The van der Waals surface area contributed by atoms with Gasteiger partial charge in [0.15, 0.2) is 6.04 Å². The Bertz CT molecular complexity index is 1000. The van der Waals surface area contributed by atoms with Crippen LogP contribution in [0.5, 0.6) is 0 Å². The molecular weight excluding hydrogens is 320 g/mol. The molecule has 25 heavy (non-hydrogen) atoms. The van der Waals surface area contributed by atoms with Crippen LogP contribution in [-0.4, -0.2) is 32.6 Å². The summed E-state index contributed by atoms with van der Waals surface area (Å²) < 4.78 is 7.64. The van der Waals surface area contributed by atoms with Gasteiger partial charge in [0.25, 0.3) is 5.56 Å². The summed E-state index contributed by atoms with van der Waals surface area (Å²) in [5.41, 5.74) is 2.49. The fourth-order valence-corrected chi connectivity index (χ4v) is 2.96. The van der Waals surface area contributed by atoms with Gasteiger partial charge >= 0.3 is 5.97 Å². The number of para-hydroxylation sites is 1. The fourth-order valence-electron chi connectivity index (χ4n) is 2.96. The van der Waals surface area contributed by atoms with Gasteiger partial charge in [0.05, 0.1) is 24.7 Å². The average molecular weight is 340 g/mol. The Morgan fingerprint density at radius 2 is 2.00 bits per heavy atom. The van der Waals surface area contributed by atoms with Gasteiger partial charge in [-0.15, -0.1) is 0 Å². The molecule has 0 saturated heterocycles. The van der Waals surface area contributed by atoms with Crippen molar-refractivity contribution >= 4 is 16.9 Å². The van der Waals surface area contributed by atoms with Crippen LogP contribution in [-0.2, 0) is 9.53 Å². The molecule has 3 aromatic rings. The Labute approximate surface area is 144 Å². The van der Waals surface area contributed by atoms with Gasteiger partial charge in [-0.25, -0.2) is 14.2 Å². The molecule has 130 valence electrons. The maximum atomic E-state index is 13.1. The van der Waals surface area contributed by atoms with Gasteiger partial charge in [0.1, 0.15) is 5.52 Å². The molecule has 0 bridgehead atoms. The van der Waals surface area contributed by atoms with Gasteiger partial charge in [-0.1, -0.05) is 25.1 Å². The summed E-state index contributed by atoms with van der Waals surface area (Å²) in [5, 5.41) is 9.38. The molecule has 0 radical (unpaired) electrons. The third-order valence-corrected chi connectivity index (χ3v) is 4.33. The summed E-state index contributed by atoms with van der Waals surface area (Å²) in [6.07, 6.45) is 2.04. The van der Waals surface area contributed by atoms with E-state index in [0.717, 1.165) is 11.3 Å². The first-order valence-electron chi connectivity index (χ1n) is 8.10. The van der Waals surface area contributed by atoms with Crippen molar-refractivity contribution in [3.05, 3.63) is 52.1 Å². The summed E-state index contributed by atoms with van der Waals surface area (Å²) >= 11 is 0. The first-order valence-corrected chi connectivity index (χ1v) is 8.10. The third kappa shape index (κ3) is 2.71. The molecule has 0 N–H and O–H groups in total. The van der Waals surface area contributed by atoms with Crippen LogP contribution in [0.3, 0.4) is 0 Å². The highest BCUT2D eigenvalue weighted by Gasteiger charge is 2.25. The predicted molar refractivity (Wildman–Crippen MR) is 93.9 cm³/mol. The van der Waals surface area contributed by atoms with E-state index >= 15 is 0 Å². The zero-order chi connectivity index (χ0) is 18.1. The van der Waals surface area contributed by atoms with E-state index in [4.69, 9.17) is 4.74 Å². The lowest BCUT2D eigenvalue weighted by Gasteiger charge is -2.16. The molecular formula is C18H20N4O3. The number of carbonyl (C=O) groups is 1. The number of rotatable bonds is 4. The van der Waals surface area contributed by atoms with Gasteiger partial charge < -0.3 is 4.74 Å². The van der Waals surface area contributed by atoms with Crippen molar-refractivity contribution in [1.82, 2.24) is 19.6 Å². The maximum absolute atomic E-state index is 13.1. The molecule has 7 nitrogen and oxygen atoms in total. The molecule has 0 aliphatic heterocycles. The van der Waals surface area contributed by atoms with Crippen LogP contribution >= 0.6 is 0 Å². The zero-order valence-electron chi connectivity index (χ0n) is 14.7. The molecule has 0 aliphatic carbocycles. The Morgan fingerprint density at radius 1 is 1.28 bits per heavy atom. The highest BCUT2D eigenvalue weighted by Crippen LogP contribution is 2.21. The second kappa shape index (κ2) is 6.51. The lowest BCUT2D eigenvalue weighted by atomic mass is 10.2. The third-order valence-electron chi connectivity index (χ3n) is 4.33. The Kier molecular flexibility index (Phi) is 4.39. The van der Waals surface area contributed by atoms with Gasteiger partial charge in [0, 0.05) is 5.39 Å². The number of aryl methyl sites for hydroxylation is 2. The predicted octanol–water partition coefficient (Wildman–Crippen LogP) is 2.32. The van der Waals surface area contributed by atoms with Crippen LogP contribution in [0.25, 0.3) is 16.6 Å². The number of benzene rings is 1. The molecule has 0 aliphatic rings. The van der Waals surface area contributed by atoms with Crippen molar-refractivity contribution in [2.45, 2.75) is 33.2 Å². The van der Waals surface area contributed by atoms with Crippen molar-refractivity contribution in [2.75, 3.05) is 7.11 Å². The molecule has 0 saturated carbocycles. The van der Waals surface area contributed by atoms with Crippen LogP contribution in [0.15, 0.2) is 35.3 Å². The van der Waals surface area contributed by atoms with Gasteiger partial charge in [0.2, 0.25) is 0 Å². The monoisotopic (exact) mass is 340 g/mol. The summed E-state index contributed by atoms with van der Waals surface area (Å²) in [6.45, 7) is 5.57. The summed E-state index contributed by atoms with van der Waals surface area (Å²) in [4.78, 5) is 25.1. The molecule has 1 unspecified atom stereocenters. The molecule has 1 atom stereocenters. The van der Waals surface area contributed by atoms with Crippen LogP contribution < -0.4 is 5.56 Å². The first kappa shape index (κ1) is 16.9. The van der Waals surface area contributed by atoms with Crippen molar-refractivity contribution in [1.29, 1.82) is 0 Å². The topological polar surface area (TPSA) is 79.0 Å². The first-order chi connectivity index (χ1) is 12.0. The van der Waals surface area contributed by atoms with Crippen molar-refractivity contribution < 1.29 is 9.53 Å². The molecule has 2 heterocycles. The van der Waals surface area contributed by atoms with Gasteiger partial charge in [-0.2, -0.15) is 10.2 Å². The van der Waals surface area contributed by atoms with Crippen LogP contribution in [0.1, 0.15) is 30.6 Å². The van der Waals surface area contributed by atoms with Crippen molar-refractivity contribution in [3.8, 4) is 5.69 Å². The maximum Gasteiger partial charge on any atom is 0.330 e. The number of aromatic nitrogens is 4. The number of nitrogens with zero attached hydrogens (tertiary/aromatic N) is 4. The smallest absolute Gasteiger partial charge is 0.330 e. The number of ether oxygens (including phenoxy) is 1. The number of hydrogen-bond donors (Lipinski definition) is 0. The van der Waals surface area contributed by atoms with E-state index in [1.165, 1.54) is 11.8 Å². The standard InChI is InChI=1S/C18H20N4O3/c1-5-14(18(24)25-4)22-17(23)16-13(12(3)20-22)10-19-21(16)15-9-7-6-8-11(15)2/h6-10,14H,5H2,1-4H3. The highest BCUT2D eigenvalue weighted by molar-refractivity contribution is 5.82. The molecule has 2 aromatic heterocycles. The lowest BCUT2D eigenvalue weighted by Crippen LogP contribution is -2.33. The number of carbonyl (C=O) groups excluding carboxylic acids is 1. The van der Waals surface area contributed by atoms with E-state index in [-0.39, 0.29) is 5.56 Å². The van der Waals surface area contributed by atoms with Crippen molar-refractivity contribution in [3.63, 3.8) is 0 Å². The summed E-state index contributed by atoms with van der Waals surface area (Å²) in [6, 6.07) is 6.92. The fraction of sp³-hybridized carbons (Fsp3) is 0.333. The van der Waals surface area contributed by atoms with Gasteiger partial charge in [-0.3, -0.25) is 4.79 Å². The molecule has 0 amide bonds. The van der Waals surface area contributed by atoms with E-state index in [9.17, 15) is 9.59 Å². The normalized spacial score (nSPS) is 12.3. The number of esters is 1. The minimum absolute atomic E-state index is 0.362. The SMILES string of the molecule is CCC(C(=O)OC)n1nc(C)c2cnn(-c3ccccc3C)c2c1=O. The van der Waals surface area contributed by atoms with E-state index in [1.807, 2.05) is 38.1 Å². The Morgan fingerprint density at radius 3 is 2.64 bits per heavy atom. The molecule has 0 spiro atoms. The highest BCUT2D eigenvalue weighted by atomic mass is 16.5. The Balaban J connectivity index is 2.33. The average Bonchev–Trinajstić information content (AvgIpc) is 3.05. The zero-order valence-corrected chi connectivity index (χ0v) is 14.7. The minimum atomic E-state index is -0.763. The Hall–Kier alpha value is -2.96. The number of hydrogen-bond acceptors (Lipinski definition) is 5. The second-order valence-electron chi connectivity index (χ2n) is 5.89. The van der Waals surface area contributed by atoms with E-state index in [2.05, 4.69) is 10.2 Å². The van der Waals surface area contributed by atoms with Crippen LogP contribution in [0.4, 0.5) is 0 Å². The summed E-state index contributed by atoms with van der Waals surface area (Å²) in [7, 11) is 1.30. The minimum Gasteiger partial charge on any atom is -0.467 e. The van der Waals surface area contributed by atoms with E-state index in [0.29, 0.717) is 23.0 Å². The van der Waals surface area contributed by atoms with E-state index < -0.39 is 12.0 Å². The lowest BCUT2D eigenvalue weighted by molar-refractivity contribution is -0.145. The van der Waals surface area contributed by atoms with Crippen molar-refractivity contribution in [2.24, 2.45) is 0 Å². The quantitative estimate of drug-likeness (QED) is 0.681. The van der Waals surface area contributed by atoms with E-state index in [1.54, 1.807) is 17.8 Å². The molecule has 3 rings (SSSR count). The molecule has 0 fully saturated rings. The van der Waals surface area contributed by atoms with Gasteiger partial charge in [-0.05, 0) is 31.9 Å². The largest absolute Gasteiger partial charge is 0.467 e. The second-order valence-corrected chi connectivity index (χ2v) is 5.89. The molecule has 1 aromatic carbocycles. The van der Waals surface area contributed by atoms with Crippen LogP contribution in [0, 0.1) is 13.8 Å². The number of fused-ring (bicyclic) bond motifs is 1. The molecule has 7 heteroatoms. The summed E-state index contributed by atoms with van der Waals surface area (Å²) in [5.74, 6) is -0.488.